The van der Waals surface area contributed by atoms with Crippen molar-refractivity contribution < 1.29 is 14.6 Å². The average Bonchev–Trinajstić information content (AvgIpc) is 2.33. The molecule has 0 radical (unpaired) electrons. The van der Waals surface area contributed by atoms with Crippen LogP contribution in [0.25, 0.3) is 0 Å². The van der Waals surface area contributed by atoms with Crippen molar-refractivity contribution >= 4 is 0 Å². The Bertz CT molecular complexity index is 264. The Balaban J connectivity index is 1.74. The van der Waals surface area contributed by atoms with E-state index in [0.29, 0.717) is 18.0 Å². The molecule has 0 amide bonds. The van der Waals surface area contributed by atoms with Gasteiger partial charge >= 0.3 is 0 Å². The minimum Gasteiger partial charge on any atom is -0.389 e. The molecule has 4 nitrogen and oxygen atoms in total. The van der Waals surface area contributed by atoms with E-state index in [0.717, 1.165) is 52.1 Å². The molecule has 0 aromatic heterocycles. The number of morpholine rings is 1. The largest absolute Gasteiger partial charge is 0.389 e. The molecule has 3 saturated heterocycles. The van der Waals surface area contributed by atoms with Gasteiger partial charge in [0.25, 0.3) is 0 Å². The van der Waals surface area contributed by atoms with Crippen LogP contribution in [0.2, 0.25) is 0 Å². The molecule has 0 spiro atoms. The summed E-state index contributed by atoms with van der Waals surface area (Å²) < 4.78 is 11.0. The summed E-state index contributed by atoms with van der Waals surface area (Å²) >= 11 is 0. The highest BCUT2D eigenvalue weighted by Gasteiger charge is 2.48. The van der Waals surface area contributed by atoms with Crippen molar-refractivity contribution in [3.05, 3.63) is 0 Å². The van der Waals surface area contributed by atoms with Crippen molar-refractivity contribution in [1.29, 1.82) is 0 Å². The summed E-state index contributed by atoms with van der Waals surface area (Å²) in [6, 6.07) is 0.797. The Kier molecular flexibility index (Phi) is 3.15. The van der Waals surface area contributed by atoms with E-state index in [1.54, 1.807) is 0 Å². The van der Waals surface area contributed by atoms with Crippen LogP contribution in [0.15, 0.2) is 0 Å². The first-order chi connectivity index (χ1) is 8.19. The molecule has 3 aliphatic rings. The highest BCUT2D eigenvalue weighted by Crippen LogP contribution is 2.41. The van der Waals surface area contributed by atoms with Gasteiger partial charge in [-0.15, -0.1) is 0 Å². The van der Waals surface area contributed by atoms with Gasteiger partial charge in [-0.25, -0.2) is 0 Å². The van der Waals surface area contributed by atoms with Crippen LogP contribution in [-0.4, -0.2) is 61.2 Å². The molecule has 98 valence electrons. The molecule has 0 aromatic carbocycles. The molecule has 2 bridgehead atoms. The highest BCUT2D eigenvalue weighted by atomic mass is 16.5. The lowest BCUT2D eigenvalue weighted by Gasteiger charge is -2.53. The third-order valence-corrected chi connectivity index (χ3v) is 4.93. The number of nitrogens with zero attached hydrogens (tertiary/aromatic N) is 1. The quantitative estimate of drug-likeness (QED) is 0.731. The lowest BCUT2D eigenvalue weighted by Crippen LogP contribution is -2.62. The maximum Gasteiger partial charge on any atom is 0.0709 e. The Hall–Kier alpha value is -0.160. The van der Waals surface area contributed by atoms with E-state index >= 15 is 0 Å². The van der Waals surface area contributed by atoms with Crippen LogP contribution in [-0.2, 0) is 9.47 Å². The number of likely N-dealkylation sites (N-methyl/N-ethyl adjacent to an activating group) is 1. The summed E-state index contributed by atoms with van der Waals surface area (Å²) in [4.78, 5) is 2.40. The van der Waals surface area contributed by atoms with E-state index in [4.69, 9.17) is 9.47 Å². The third-order valence-electron chi connectivity index (χ3n) is 4.93. The predicted molar refractivity (Wildman–Crippen MR) is 63.9 cm³/mol. The van der Waals surface area contributed by atoms with Crippen molar-refractivity contribution in [3.8, 4) is 0 Å². The summed E-state index contributed by atoms with van der Waals surface area (Å²) in [7, 11) is 2.17. The van der Waals surface area contributed by atoms with E-state index in [-0.39, 0.29) is 0 Å². The molecule has 3 rings (SSSR count). The Morgan fingerprint density at radius 2 is 1.65 bits per heavy atom. The zero-order valence-corrected chi connectivity index (χ0v) is 10.6. The summed E-state index contributed by atoms with van der Waals surface area (Å²) in [6.45, 7) is 3.18. The Morgan fingerprint density at radius 3 is 2.24 bits per heavy atom. The van der Waals surface area contributed by atoms with Gasteiger partial charge in [0.2, 0.25) is 0 Å². The van der Waals surface area contributed by atoms with Gasteiger partial charge in [-0.3, -0.25) is 4.90 Å². The maximum atomic E-state index is 11.0. The van der Waals surface area contributed by atoms with Crippen LogP contribution >= 0.6 is 0 Å². The molecule has 4 heteroatoms. The second kappa shape index (κ2) is 4.50. The predicted octanol–water partition coefficient (Wildman–Crippen LogP) is 0.637. The van der Waals surface area contributed by atoms with Crippen LogP contribution in [0.5, 0.6) is 0 Å². The lowest BCUT2D eigenvalue weighted by atomic mass is 9.71. The number of hydrogen-bond donors (Lipinski definition) is 1. The number of ether oxygens (including phenoxy) is 2. The number of fused-ring (bicyclic) bond motifs is 2. The summed E-state index contributed by atoms with van der Waals surface area (Å²) in [5, 5.41) is 11.0. The lowest BCUT2D eigenvalue weighted by molar-refractivity contribution is -0.166. The monoisotopic (exact) mass is 241 g/mol. The summed E-state index contributed by atoms with van der Waals surface area (Å²) in [5.74, 6) is 0.424. The molecule has 1 N–H and O–H groups in total. The smallest absolute Gasteiger partial charge is 0.0709 e. The number of aliphatic hydroxyl groups is 1. The second-order valence-electron chi connectivity index (χ2n) is 5.91. The fraction of sp³-hybridized carbons (Fsp3) is 1.00. The summed E-state index contributed by atoms with van der Waals surface area (Å²) in [5.41, 5.74) is -0.477. The van der Waals surface area contributed by atoms with Gasteiger partial charge in [-0.1, -0.05) is 0 Å². The highest BCUT2D eigenvalue weighted by molar-refractivity contribution is 5.01. The first-order valence-corrected chi connectivity index (χ1v) is 6.79. The van der Waals surface area contributed by atoms with Gasteiger partial charge in [0.1, 0.15) is 0 Å². The normalized spacial score (nSPS) is 44.8. The van der Waals surface area contributed by atoms with Crippen LogP contribution in [0.1, 0.15) is 25.7 Å². The zero-order chi connectivity index (χ0) is 11.9. The van der Waals surface area contributed by atoms with Crippen LogP contribution in [0, 0.1) is 5.92 Å². The molecule has 17 heavy (non-hydrogen) atoms. The van der Waals surface area contributed by atoms with E-state index in [2.05, 4.69) is 11.9 Å². The number of hydrogen-bond acceptors (Lipinski definition) is 4. The molecule has 0 saturated carbocycles. The van der Waals surface area contributed by atoms with Crippen molar-refractivity contribution in [1.82, 2.24) is 4.90 Å². The van der Waals surface area contributed by atoms with Crippen LogP contribution < -0.4 is 0 Å². The Morgan fingerprint density at radius 1 is 1.06 bits per heavy atom. The average molecular weight is 241 g/mol. The molecule has 3 aliphatic heterocycles. The molecule has 3 fully saturated rings. The van der Waals surface area contributed by atoms with Crippen molar-refractivity contribution in [3.63, 3.8) is 0 Å². The van der Waals surface area contributed by atoms with Gasteiger partial charge in [0, 0.05) is 25.3 Å². The minimum atomic E-state index is -0.477. The topological polar surface area (TPSA) is 41.9 Å². The summed E-state index contributed by atoms with van der Waals surface area (Å²) in [6.07, 6.45) is 3.76. The fourth-order valence-electron chi connectivity index (χ4n) is 3.75. The number of rotatable bonds is 1. The van der Waals surface area contributed by atoms with E-state index < -0.39 is 5.60 Å². The third kappa shape index (κ3) is 2.12. The van der Waals surface area contributed by atoms with Crippen molar-refractivity contribution in [2.45, 2.75) is 43.4 Å². The van der Waals surface area contributed by atoms with Gasteiger partial charge in [0.15, 0.2) is 0 Å². The van der Waals surface area contributed by atoms with Gasteiger partial charge in [-0.05, 0) is 38.6 Å². The van der Waals surface area contributed by atoms with E-state index in [9.17, 15) is 5.11 Å². The van der Waals surface area contributed by atoms with Crippen LogP contribution in [0.4, 0.5) is 0 Å². The maximum absolute atomic E-state index is 11.0. The first-order valence-electron chi connectivity index (χ1n) is 6.79. The fourth-order valence-corrected chi connectivity index (χ4v) is 3.75. The molecule has 2 atom stereocenters. The van der Waals surface area contributed by atoms with Gasteiger partial charge in [-0.2, -0.15) is 0 Å². The van der Waals surface area contributed by atoms with E-state index in [1.165, 1.54) is 0 Å². The van der Waals surface area contributed by atoms with Crippen molar-refractivity contribution in [2.24, 2.45) is 5.92 Å². The molecular formula is C13H23NO3. The second-order valence-corrected chi connectivity index (χ2v) is 5.91. The number of piperidine rings is 1. The Labute approximate surface area is 103 Å². The van der Waals surface area contributed by atoms with Crippen LogP contribution in [0.3, 0.4) is 0 Å². The zero-order valence-electron chi connectivity index (χ0n) is 10.6. The van der Waals surface area contributed by atoms with E-state index in [1.807, 2.05) is 0 Å². The molecule has 2 unspecified atom stereocenters. The molecular weight excluding hydrogens is 218 g/mol. The molecule has 0 aromatic rings. The standard InChI is InChI=1S/C13H23NO3/c1-14-11-6-13(15,7-12(14)9-17-8-11)10-2-4-16-5-3-10/h10-12,15H,2-9H2,1H3. The SMILES string of the molecule is CN1C2COCC1CC(O)(C1CCOCC1)C2. The minimum absolute atomic E-state index is 0.398. The van der Waals surface area contributed by atoms with Crippen molar-refractivity contribution in [2.75, 3.05) is 33.5 Å². The first kappa shape index (κ1) is 11.9. The molecule has 0 aliphatic carbocycles. The van der Waals surface area contributed by atoms with Gasteiger partial charge < -0.3 is 14.6 Å². The molecule has 3 heterocycles. The van der Waals surface area contributed by atoms with Gasteiger partial charge in [0.05, 0.1) is 18.8 Å².